The van der Waals surface area contributed by atoms with Crippen LogP contribution in [0.3, 0.4) is 0 Å². The number of halogens is 1. The number of rotatable bonds is 4. The maximum Gasteiger partial charge on any atom is 0.404 e. The molecule has 0 aromatic carbocycles. The van der Waals surface area contributed by atoms with Crippen molar-refractivity contribution in [1.29, 1.82) is 0 Å². The molecule has 0 radical (unpaired) electrons. The van der Waals surface area contributed by atoms with Gasteiger partial charge in [0.25, 0.3) is 0 Å². The van der Waals surface area contributed by atoms with Crippen LogP contribution in [0.4, 0.5) is 10.6 Å². The predicted molar refractivity (Wildman–Crippen MR) is 72.8 cm³/mol. The molecule has 19 heavy (non-hydrogen) atoms. The van der Waals surface area contributed by atoms with Crippen LogP contribution in [-0.2, 0) is 6.42 Å². The van der Waals surface area contributed by atoms with E-state index in [0.717, 1.165) is 37.3 Å². The largest absolute Gasteiger partial charge is 0.465 e. The molecule has 0 aliphatic carbocycles. The smallest absolute Gasteiger partial charge is 0.404 e. The van der Waals surface area contributed by atoms with Gasteiger partial charge in [-0.25, -0.2) is 14.8 Å². The first-order valence-electron chi connectivity index (χ1n) is 6.36. The van der Waals surface area contributed by atoms with Crippen LogP contribution in [0, 0.1) is 0 Å². The Morgan fingerprint density at radius 2 is 2.42 bits per heavy atom. The zero-order chi connectivity index (χ0) is 13.8. The maximum absolute atomic E-state index is 10.6. The van der Waals surface area contributed by atoms with Crippen molar-refractivity contribution in [3.05, 3.63) is 17.0 Å². The SMILES string of the molecule is CCCc1cc(N2CC[C@H](NC(=O)O)C2)nc(Cl)n1. The second kappa shape index (κ2) is 6.06. The molecule has 0 unspecified atom stereocenters. The molecular formula is C12H17ClN4O2. The molecule has 2 rings (SSSR count). The quantitative estimate of drug-likeness (QED) is 0.826. The van der Waals surface area contributed by atoms with Gasteiger partial charge in [-0.1, -0.05) is 13.3 Å². The van der Waals surface area contributed by atoms with Gasteiger partial charge in [-0.3, -0.25) is 0 Å². The van der Waals surface area contributed by atoms with Crippen molar-refractivity contribution in [3.8, 4) is 0 Å². The second-order valence-electron chi connectivity index (χ2n) is 4.62. The summed E-state index contributed by atoms with van der Waals surface area (Å²) in [6, 6.07) is 1.87. The van der Waals surface area contributed by atoms with Crippen molar-refractivity contribution in [2.24, 2.45) is 0 Å². The lowest BCUT2D eigenvalue weighted by Crippen LogP contribution is -2.36. The highest BCUT2D eigenvalue weighted by Crippen LogP contribution is 2.21. The van der Waals surface area contributed by atoms with Gasteiger partial charge >= 0.3 is 6.09 Å². The van der Waals surface area contributed by atoms with Crippen LogP contribution in [0.2, 0.25) is 5.28 Å². The van der Waals surface area contributed by atoms with Crippen LogP contribution in [0.5, 0.6) is 0 Å². The standard InChI is InChI=1S/C12H17ClN4O2/c1-2-3-8-6-10(16-11(13)14-8)17-5-4-9(7-17)15-12(18)19/h6,9,15H,2-5,7H2,1H3,(H,18,19)/t9-/m0/s1. The number of nitrogens with one attached hydrogen (secondary N) is 1. The van der Waals surface area contributed by atoms with Crippen molar-refractivity contribution in [3.63, 3.8) is 0 Å². The third-order valence-electron chi connectivity index (χ3n) is 3.08. The first-order valence-corrected chi connectivity index (χ1v) is 6.74. The number of aryl methyl sites for hydroxylation is 1. The van der Waals surface area contributed by atoms with Crippen molar-refractivity contribution < 1.29 is 9.90 Å². The van der Waals surface area contributed by atoms with Crippen LogP contribution >= 0.6 is 11.6 Å². The Morgan fingerprint density at radius 3 is 3.11 bits per heavy atom. The van der Waals surface area contributed by atoms with Crippen LogP contribution in [0.25, 0.3) is 0 Å². The minimum absolute atomic E-state index is 0.0548. The molecule has 104 valence electrons. The van der Waals surface area contributed by atoms with E-state index in [-0.39, 0.29) is 11.3 Å². The molecule has 2 heterocycles. The van der Waals surface area contributed by atoms with E-state index in [0.29, 0.717) is 6.54 Å². The molecule has 1 aromatic heterocycles. The predicted octanol–water partition coefficient (Wildman–Crippen LogP) is 1.93. The minimum Gasteiger partial charge on any atom is -0.465 e. The molecule has 1 amide bonds. The highest BCUT2D eigenvalue weighted by atomic mass is 35.5. The molecule has 0 spiro atoms. The highest BCUT2D eigenvalue weighted by Gasteiger charge is 2.25. The molecule has 1 aromatic rings. The fourth-order valence-electron chi connectivity index (χ4n) is 2.26. The molecule has 6 nitrogen and oxygen atoms in total. The molecule has 1 aliphatic rings. The van der Waals surface area contributed by atoms with E-state index >= 15 is 0 Å². The normalized spacial score (nSPS) is 18.6. The number of aromatic nitrogens is 2. The molecule has 1 aliphatic heterocycles. The third-order valence-corrected chi connectivity index (χ3v) is 3.25. The van der Waals surface area contributed by atoms with Crippen LogP contribution in [0.15, 0.2) is 6.07 Å². The first kappa shape index (κ1) is 13.9. The van der Waals surface area contributed by atoms with E-state index in [1.165, 1.54) is 0 Å². The Bertz CT molecular complexity index is 469. The van der Waals surface area contributed by atoms with Crippen molar-refractivity contribution in [2.45, 2.75) is 32.2 Å². The van der Waals surface area contributed by atoms with E-state index in [1.54, 1.807) is 0 Å². The molecule has 2 N–H and O–H groups in total. The van der Waals surface area contributed by atoms with Crippen LogP contribution < -0.4 is 10.2 Å². The summed E-state index contributed by atoms with van der Waals surface area (Å²) in [5, 5.41) is 11.5. The summed E-state index contributed by atoms with van der Waals surface area (Å²) in [7, 11) is 0. The van der Waals surface area contributed by atoms with Gasteiger partial charge in [-0.15, -0.1) is 0 Å². The summed E-state index contributed by atoms with van der Waals surface area (Å²) in [5.41, 5.74) is 0.923. The molecule has 0 bridgehead atoms. The summed E-state index contributed by atoms with van der Waals surface area (Å²) in [4.78, 5) is 21.0. The van der Waals surface area contributed by atoms with Crippen molar-refractivity contribution in [1.82, 2.24) is 15.3 Å². The van der Waals surface area contributed by atoms with E-state index in [2.05, 4.69) is 22.2 Å². The topological polar surface area (TPSA) is 78.4 Å². The number of carboxylic acid groups (broad SMARTS) is 1. The minimum atomic E-state index is -0.987. The molecule has 1 fully saturated rings. The van der Waals surface area contributed by atoms with Gasteiger partial charge in [0.05, 0.1) is 6.04 Å². The lowest BCUT2D eigenvalue weighted by Gasteiger charge is -2.18. The number of nitrogens with zero attached hydrogens (tertiary/aromatic N) is 3. The Balaban J connectivity index is 2.08. The Hall–Kier alpha value is -1.56. The molecule has 1 atom stereocenters. The summed E-state index contributed by atoms with van der Waals surface area (Å²) in [6.45, 7) is 3.47. The molecule has 0 saturated carbocycles. The fourth-order valence-corrected chi connectivity index (χ4v) is 2.45. The summed E-state index contributed by atoms with van der Waals surface area (Å²) in [6.07, 6.45) is 1.65. The number of anilines is 1. The number of carbonyl (C=O) groups is 1. The Kier molecular flexibility index (Phi) is 4.42. The molecule has 1 saturated heterocycles. The van der Waals surface area contributed by atoms with Crippen molar-refractivity contribution >= 4 is 23.5 Å². The molecular weight excluding hydrogens is 268 g/mol. The number of hydrogen-bond acceptors (Lipinski definition) is 4. The fraction of sp³-hybridized carbons (Fsp3) is 0.583. The zero-order valence-corrected chi connectivity index (χ0v) is 11.5. The van der Waals surface area contributed by atoms with E-state index in [4.69, 9.17) is 16.7 Å². The van der Waals surface area contributed by atoms with Gasteiger partial charge < -0.3 is 15.3 Å². The average Bonchev–Trinajstić information content (AvgIpc) is 2.76. The third kappa shape index (κ3) is 3.70. The lowest BCUT2D eigenvalue weighted by atomic mass is 10.2. The van der Waals surface area contributed by atoms with E-state index in [9.17, 15) is 4.79 Å². The summed E-state index contributed by atoms with van der Waals surface area (Å²) < 4.78 is 0. The van der Waals surface area contributed by atoms with Crippen molar-refractivity contribution in [2.75, 3.05) is 18.0 Å². The van der Waals surface area contributed by atoms with E-state index < -0.39 is 6.09 Å². The lowest BCUT2D eigenvalue weighted by molar-refractivity contribution is 0.191. The molecule has 7 heteroatoms. The second-order valence-corrected chi connectivity index (χ2v) is 4.96. The highest BCUT2D eigenvalue weighted by molar-refractivity contribution is 6.28. The maximum atomic E-state index is 10.6. The Labute approximate surface area is 116 Å². The van der Waals surface area contributed by atoms with Gasteiger partial charge in [-0.2, -0.15) is 0 Å². The van der Waals surface area contributed by atoms with E-state index in [1.807, 2.05) is 11.0 Å². The van der Waals surface area contributed by atoms with Crippen LogP contribution in [0.1, 0.15) is 25.5 Å². The van der Waals surface area contributed by atoms with Gasteiger partial charge in [-0.05, 0) is 24.4 Å². The first-order chi connectivity index (χ1) is 9.08. The van der Waals surface area contributed by atoms with Crippen LogP contribution in [-0.4, -0.2) is 40.3 Å². The van der Waals surface area contributed by atoms with Gasteiger partial charge in [0, 0.05) is 24.8 Å². The average molecular weight is 285 g/mol. The summed E-state index contributed by atoms with van der Waals surface area (Å²) >= 11 is 5.93. The number of hydrogen-bond donors (Lipinski definition) is 2. The number of amides is 1. The van der Waals surface area contributed by atoms with Gasteiger partial charge in [0.15, 0.2) is 0 Å². The Morgan fingerprint density at radius 1 is 1.63 bits per heavy atom. The monoisotopic (exact) mass is 284 g/mol. The van der Waals surface area contributed by atoms with Gasteiger partial charge in [0.1, 0.15) is 5.82 Å². The van der Waals surface area contributed by atoms with Gasteiger partial charge in [0.2, 0.25) is 5.28 Å². The zero-order valence-electron chi connectivity index (χ0n) is 10.8. The summed E-state index contributed by atoms with van der Waals surface area (Å²) in [5.74, 6) is 0.776.